The minimum atomic E-state index is -2.80. The highest BCUT2D eigenvalue weighted by Gasteiger charge is 2.22. The third-order valence-corrected chi connectivity index (χ3v) is 6.12. The van der Waals surface area contributed by atoms with Crippen LogP contribution in [0.1, 0.15) is 18.2 Å². The van der Waals surface area contributed by atoms with Crippen molar-refractivity contribution < 1.29 is 8.42 Å². The molecule has 1 atom stereocenters. The maximum atomic E-state index is 11.6. The van der Waals surface area contributed by atoms with E-state index in [1.54, 1.807) is 11.3 Å². The summed E-state index contributed by atoms with van der Waals surface area (Å²) in [5.74, 6) is 0.654. The van der Waals surface area contributed by atoms with E-state index in [0.717, 1.165) is 26.1 Å². The van der Waals surface area contributed by atoms with E-state index in [9.17, 15) is 8.42 Å². The molecule has 1 aliphatic rings. The third kappa shape index (κ3) is 4.87. The number of sulfone groups is 1. The van der Waals surface area contributed by atoms with Crippen molar-refractivity contribution in [3.63, 3.8) is 0 Å². The lowest BCUT2D eigenvalue weighted by molar-refractivity contribution is 0.220. The van der Waals surface area contributed by atoms with Gasteiger partial charge in [-0.25, -0.2) is 8.42 Å². The van der Waals surface area contributed by atoms with Crippen molar-refractivity contribution >= 4 is 21.2 Å². The minimum Gasteiger partial charge on any atom is -0.310 e. The maximum Gasteiger partial charge on any atom is 0.151 e. The molecule has 4 nitrogen and oxygen atoms in total. The summed E-state index contributed by atoms with van der Waals surface area (Å²) < 4.78 is 23.1. The molecule has 0 bridgehead atoms. The average Bonchev–Trinajstić information content (AvgIpc) is 2.79. The summed E-state index contributed by atoms with van der Waals surface area (Å²) >= 11 is 1.76. The van der Waals surface area contributed by atoms with Gasteiger partial charge in [-0.3, -0.25) is 4.90 Å². The Hall–Kier alpha value is -0.430. The van der Waals surface area contributed by atoms with Crippen molar-refractivity contribution in [2.24, 2.45) is 0 Å². The van der Waals surface area contributed by atoms with Crippen LogP contribution < -0.4 is 5.32 Å². The predicted molar refractivity (Wildman–Crippen MR) is 80.3 cm³/mol. The fourth-order valence-corrected chi connectivity index (χ4v) is 4.31. The molecule has 1 fully saturated rings. The Bertz CT molecular complexity index is 471. The van der Waals surface area contributed by atoms with Crippen LogP contribution in [0.5, 0.6) is 0 Å². The summed E-state index contributed by atoms with van der Waals surface area (Å²) in [6.07, 6.45) is 0.762. The van der Waals surface area contributed by atoms with E-state index in [1.165, 1.54) is 4.88 Å². The predicted octanol–water partition coefficient (Wildman–Crippen LogP) is 1.35. The lowest BCUT2D eigenvalue weighted by atomic mass is 10.2. The van der Waals surface area contributed by atoms with Gasteiger partial charge in [0.05, 0.1) is 11.5 Å². The van der Waals surface area contributed by atoms with E-state index in [0.29, 0.717) is 24.1 Å². The van der Waals surface area contributed by atoms with Crippen molar-refractivity contribution in [3.8, 4) is 0 Å². The Kier molecular flexibility index (Phi) is 5.38. The van der Waals surface area contributed by atoms with Gasteiger partial charge in [-0.2, -0.15) is 0 Å². The molecule has 0 saturated carbocycles. The van der Waals surface area contributed by atoms with Crippen molar-refractivity contribution in [1.29, 1.82) is 0 Å². The summed E-state index contributed by atoms with van der Waals surface area (Å²) in [5.41, 5.74) is 0. The van der Waals surface area contributed by atoms with Gasteiger partial charge in [-0.05, 0) is 31.3 Å². The smallest absolute Gasteiger partial charge is 0.151 e. The molecule has 19 heavy (non-hydrogen) atoms. The van der Waals surface area contributed by atoms with E-state index in [2.05, 4.69) is 34.7 Å². The quantitative estimate of drug-likeness (QED) is 0.892. The van der Waals surface area contributed by atoms with Gasteiger partial charge in [0.1, 0.15) is 0 Å². The third-order valence-electron chi connectivity index (χ3n) is 3.53. The Labute approximate surface area is 119 Å². The largest absolute Gasteiger partial charge is 0.310 e. The molecule has 1 aliphatic heterocycles. The van der Waals surface area contributed by atoms with E-state index in [1.807, 2.05) is 0 Å². The monoisotopic (exact) mass is 302 g/mol. The molecular formula is C13H22N2O2S2. The highest BCUT2D eigenvalue weighted by molar-refractivity contribution is 7.91. The van der Waals surface area contributed by atoms with Gasteiger partial charge in [0.2, 0.25) is 0 Å². The molecule has 1 aromatic heterocycles. The fraction of sp³-hybridized carbons (Fsp3) is 0.692. The molecule has 2 rings (SSSR count). The molecule has 1 N–H and O–H groups in total. The zero-order valence-electron chi connectivity index (χ0n) is 11.3. The van der Waals surface area contributed by atoms with Crippen molar-refractivity contribution in [2.45, 2.75) is 25.9 Å². The zero-order chi connectivity index (χ0) is 13.7. The number of hydrogen-bond acceptors (Lipinski definition) is 5. The van der Waals surface area contributed by atoms with Gasteiger partial charge < -0.3 is 5.32 Å². The summed E-state index contributed by atoms with van der Waals surface area (Å²) in [4.78, 5) is 3.62. The topological polar surface area (TPSA) is 49.4 Å². The van der Waals surface area contributed by atoms with Crippen LogP contribution in [0.15, 0.2) is 17.5 Å². The number of nitrogens with zero attached hydrogens (tertiary/aromatic N) is 1. The minimum absolute atomic E-state index is 0.308. The molecule has 0 aromatic carbocycles. The molecule has 108 valence electrons. The molecule has 0 spiro atoms. The second kappa shape index (κ2) is 6.83. The lowest BCUT2D eigenvalue weighted by Gasteiger charge is -2.27. The number of hydrogen-bond donors (Lipinski definition) is 1. The van der Waals surface area contributed by atoms with Gasteiger partial charge >= 0.3 is 0 Å². The Morgan fingerprint density at radius 3 is 3.00 bits per heavy atom. The van der Waals surface area contributed by atoms with Crippen LogP contribution in [0.25, 0.3) is 0 Å². The normalized spacial score (nSPS) is 21.9. The van der Waals surface area contributed by atoms with Gasteiger partial charge in [-0.15, -0.1) is 11.3 Å². The van der Waals surface area contributed by atoms with Gasteiger partial charge in [0, 0.05) is 30.6 Å². The van der Waals surface area contributed by atoms with Gasteiger partial charge in [0.15, 0.2) is 9.84 Å². The van der Waals surface area contributed by atoms with Crippen molar-refractivity contribution in [1.82, 2.24) is 10.2 Å². The number of rotatable bonds is 5. The van der Waals surface area contributed by atoms with E-state index < -0.39 is 9.84 Å². The molecule has 2 heterocycles. The molecule has 1 saturated heterocycles. The lowest BCUT2D eigenvalue weighted by Crippen LogP contribution is -2.41. The standard InChI is InChI=1S/C13H22N2O2S2/c1-12(10-14-11-13-4-2-7-18-13)15-5-3-8-19(16,17)9-6-15/h2,4,7,12,14H,3,5-6,8-11H2,1H3. The fourth-order valence-electron chi connectivity index (χ4n) is 2.35. The summed E-state index contributed by atoms with van der Waals surface area (Å²) in [6, 6.07) is 4.57. The van der Waals surface area contributed by atoms with Crippen LogP contribution >= 0.6 is 11.3 Å². The summed E-state index contributed by atoms with van der Waals surface area (Å²) in [7, 11) is -2.80. The Morgan fingerprint density at radius 2 is 2.26 bits per heavy atom. The first-order valence-corrected chi connectivity index (χ1v) is 9.44. The molecule has 1 unspecified atom stereocenters. The van der Waals surface area contributed by atoms with Crippen LogP contribution in [0.2, 0.25) is 0 Å². The molecule has 0 aliphatic carbocycles. The first kappa shape index (κ1) is 15.0. The molecular weight excluding hydrogens is 280 g/mol. The highest BCUT2D eigenvalue weighted by atomic mass is 32.2. The average molecular weight is 302 g/mol. The first-order valence-electron chi connectivity index (χ1n) is 6.74. The molecule has 0 radical (unpaired) electrons. The van der Waals surface area contributed by atoms with Crippen LogP contribution in [-0.2, 0) is 16.4 Å². The van der Waals surface area contributed by atoms with E-state index in [4.69, 9.17) is 0 Å². The summed E-state index contributed by atoms with van der Waals surface area (Å²) in [6.45, 7) is 5.52. The second-order valence-electron chi connectivity index (χ2n) is 5.10. The highest BCUT2D eigenvalue weighted by Crippen LogP contribution is 2.10. The Balaban J connectivity index is 1.75. The van der Waals surface area contributed by atoms with Crippen LogP contribution in [-0.4, -0.2) is 50.5 Å². The van der Waals surface area contributed by atoms with Crippen LogP contribution in [0, 0.1) is 0 Å². The number of thiophene rings is 1. The first-order chi connectivity index (χ1) is 9.07. The molecule has 0 amide bonds. The van der Waals surface area contributed by atoms with Crippen LogP contribution in [0.3, 0.4) is 0 Å². The van der Waals surface area contributed by atoms with Gasteiger partial charge in [0.25, 0.3) is 0 Å². The van der Waals surface area contributed by atoms with E-state index in [-0.39, 0.29) is 0 Å². The molecule has 6 heteroatoms. The molecule has 1 aromatic rings. The zero-order valence-corrected chi connectivity index (χ0v) is 13.0. The van der Waals surface area contributed by atoms with Crippen LogP contribution in [0.4, 0.5) is 0 Å². The summed E-state index contributed by atoms with van der Waals surface area (Å²) in [5, 5.41) is 5.53. The van der Waals surface area contributed by atoms with Gasteiger partial charge in [-0.1, -0.05) is 6.07 Å². The van der Waals surface area contributed by atoms with E-state index >= 15 is 0 Å². The van der Waals surface area contributed by atoms with Crippen molar-refractivity contribution in [2.75, 3.05) is 31.1 Å². The number of nitrogens with one attached hydrogen (secondary N) is 1. The maximum absolute atomic E-state index is 11.6. The Morgan fingerprint density at radius 1 is 1.42 bits per heavy atom. The second-order valence-corrected chi connectivity index (χ2v) is 8.44. The SMILES string of the molecule is CC(CNCc1cccs1)N1CCCS(=O)(=O)CC1. The van der Waals surface area contributed by atoms with Crippen molar-refractivity contribution in [3.05, 3.63) is 22.4 Å².